The highest BCUT2D eigenvalue weighted by molar-refractivity contribution is 5.91. The van der Waals surface area contributed by atoms with Crippen molar-refractivity contribution in [1.29, 1.82) is 0 Å². The maximum Gasteiger partial charge on any atom is 0.333 e. The van der Waals surface area contributed by atoms with Crippen molar-refractivity contribution < 1.29 is 14.3 Å². The molecule has 5 rings (SSSR count). The Hall–Kier alpha value is -1.09. The van der Waals surface area contributed by atoms with Gasteiger partial charge in [0.05, 0.1) is 7.11 Å². The molecule has 3 fully saturated rings. The normalized spacial score (nSPS) is 59.0. The summed E-state index contributed by atoms with van der Waals surface area (Å²) in [6.07, 6.45) is 9.11. The molecule has 4 bridgehead atoms. The van der Waals surface area contributed by atoms with Crippen LogP contribution >= 0.6 is 0 Å². The van der Waals surface area contributed by atoms with Crippen LogP contribution in [0, 0.1) is 23.7 Å². The first-order valence-electron chi connectivity index (χ1n) is 6.42. The van der Waals surface area contributed by atoms with Crippen molar-refractivity contribution in [2.24, 2.45) is 23.7 Å². The van der Waals surface area contributed by atoms with E-state index >= 15 is 0 Å². The topological polar surface area (TPSA) is 38.8 Å². The molecule has 88 valence electrons. The fourth-order valence-corrected chi connectivity index (χ4v) is 5.38. The number of fused-ring (bicyclic) bond motifs is 4. The third kappa shape index (κ3) is 0.628. The number of carbonyl (C=O) groups excluding carboxylic acids is 1. The van der Waals surface area contributed by atoms with Gasteiger partial charge in [-0.1, -0.05) is 18.2 Å². The van der Waals surface area contributed by atoms with Gasteiger partial charge in [-0.3, -0.25) is 0 Å². The Morgan fingerprint density at radius 1 is 1.29 bits per heavy atom. The molecule has 0 aromatic rings. The summed E-state index contributed by atoms with van der Waals surface area (Å²) in [7, 11) is 1.47. The highest BCUT2D eigenvalue weighted by atomic mass is 16.6. The van der Waals surface area contributed by atoms with Crippen LogP contribution in [0.4, 0.5) is 0 Å². The molecule has 5 aliphatic rings. The predicted molar refractivity (Wildman–Crippen MR) is 59.0 cm³/mol. The highest BCUT2D eigenvalue weighted by Gasteiger charge is 2.90. The molecular weight excluding hydrogens is 216 g/mol. The summed E-state index contributed by atoms with van der Waals surface area (Å²) >= 11 is 0. The molecule has 0 aromatic heterocycles. The van der Waals surface area contributed by atoms with Crippen LogP contribution < -0.4 is 0 Å². The predicted octanol–water partition coefficient (Wildman–Crippen LogP) is 1.45. The zero-order valence-corrected chi connectivity index (χ0v) is 9.68. The standard InChI is InChI=1S/C14H14O3/c1-16-12(15)10-5-9-6-11(10)14-8-3-2-7(4-8)13(9,14)17-14/h2-3,5,7-9,11H,4,6H2,1H3/t7-,8-,9+,11+,13+,14-/m0/s1. The number of carbonyl (C=O) groups is 1. The molecule has 6 atom stereocenters. The third-order valence-corrected chi connectivity index (χ3v) is 5.83. The largest absolute Gasteiger partial charge is 0.466 e. The fraction of sp³-hybridized carbons (Fsp3) is 0.643. The van der Waals surface area contributed by atoms with Crippen LogP contribution in [0.2, 0.25) is 0 Å². The summed E-state index contributed by atoms with van der Waals surface area (Å²) in [4.78, 5) is 11.8. The van der Waals surface area contributed by atoms with E-state index in [4.69, 9.17) is 9.47 Å². The van der Waals surface area contributed by atoms with Gasteiger partial charge in [-0.15, -0.1) is 0 Å². The number of epoxide rings is 1. The molecule has 0 unspecified atom stereocenters. The van der Waals surface area contributed by atoms with Gasteiger partial charge in [0.15, 0.2) is 0 Å². The lowest BCUT2D eigenvalue weighted by atomic mass is 9.74. The minimum Gasteiger partial charge on any atom is -0.466 e. The Bertz CT molecular complexity index is 520. The molecule has 3 nitrogen and oxygen atoms in total. The number of esters is 1. The van der Waals surface area contributed by atoms with Crippen molar-refractivity contribution in [3.8, 4) is 0 Å². The Kier molecular flexibility index (Phi) is 1.17. The second-order valence-electron chi connectivity index (χ2n) is 6.03. The van der Waals surface area contributed by atoms with E-state index in [2.05, 4.69) is 18.2 Å². The molecule has 0 radical (unpaired) electrons. The Labute approximate surface area is 99.5 Å². The Morgan fingerprint density at radius 3 is 2.82 bits per heavy atom. The van der Waals surface area contributed by atoms with Crippen molar-refractivity contribution in [2.45, 2.75) is 24.0 Å². The van der Waals surface area contributed by atoms with Gasteiger partial charge >= 0.3 is 5.97 Å². The van der Waals surface area contributed by atoms with Crippen LogP contribution in [-0.4, -0.2) is 24.3 Å². The molecule has 1 aliphatic heterocycles. The molecule has 0 aromatic carbocycles. The van der Waals surface area contributed by atoms with E-state index in [9.17, 15) is 4.79 Å². The average Bonchev–Trinajstić information content (AvgIpc) is 2.79. The van der Waals surface area contributed by atoms with Crippen molar-refractivity contribution >= 4 is 5.97 Å². The lowest BCUT2D eigenvalue weighted by Crippen LogP contribution is -2.37. The monoisotopic (exact) mass is 230 g/mol. The smallest absolute Gasteiger partial charge is 0.333 e. The fourth-order valence-electron chi connectivity index (χ4n) is 5.38. The van der Waals surface area contributed by atoms with Crippen LogP contribution in [0.15, 0.2) is 23.8 Å². The Morgan fingerprint density at radius 2 is 2.06 bits per heavy atom. The second-order valence-corrected chi connectivity index (χ2v) is 6.03. The van der Waals surface area contributed by atoms with E-state index < -0.39 is 0 Å². The molecule has 1 heterocycles. The molecule has 2 saturated carbocycles. The van der Waals surface area contributed by atoms with Gasteiger partial charge < -0.3 is 9.47 Å². The van der Waals surface area contributed by atoms with Crippen LogP contribution in [0.3, 0.4) is 0 Å². The zero-order valence-electron chi connectivity index (χ0n) is 9.68. The average molecular weight is 230 g/mol. The summed E-state index contributed by atoms with van der Waals surface area (Å²) in [6, 6.07) is 0. The molecule has 3 heteroatoms. The summed E-state index contributed by atoms with van der Waals surface area (Å²) in [5.74, 6) is 1.72. The van der Waals surface area contributed by atoms with E-state index in [1.165, 1.54) is 13.5 Å². The third-order valence-electron chi connectivity index (χ3n) is 5.83. The SMILES string of the molecule is COC(=O)C1=C[C@@H]2C[C@H]1[C@]13O[C@]21[C@H]1C=C[C@H]3C1. The lowest BCUT2D eigenvalue weighted by molar-refractivity contribution is -0.137. The van der Waals surface area contributed by atoms with Crippen LogP contribution in [0.1, 0.15) is 12.8 Å². The first-order valence-corrected chi connectivity index (χ1v) is 6.42. The van der Waals surface area contributed by atoms with Crippen molar-refractivity contribution in [1.82, 2.24) is 0 Å². The lowest BCUT2D eigenvalue weighted by Gasteiger charge is -2.24. The highest BCUT2D eigenvalue weighted by Crippen LogP contribution is 2.82. The van der Waals surface area contributed by atoms with Crippen LogP contribution in [-0.2, 0) is 14.3 Å². The first kappa shape index (κ1) is 8.92. The maximum atomic E-state index is 11.8. The molecule has 1 saturated heterocycles. The van der Waals surface area contributed by atoms with Crippen molar-refractivity contribution in [3.63, 3.8) is 0 Å². The van der Waals surface area contributed by atoms with Crippen molar-refractivity contribution in [3.05, 3.63) is 23.8 Å². The van der Waals surface area contributed by atoms with Crippen molar-refractivity contribution in [2.75, 3.05) is 7.11 Å². The Balaban J connectivity index is 1.66. The first-order chi connectivity index (χ1) is 8.24. The minimum atomic E-state index is -0.150. The molecule has 0 N–H and O–H groups in total. The van der Waals surface area contributed by atoms with Gasteiger partial charge in [-0.25, -0.2) is 4.79 Å². The second kappa shape index (κ2) is 2.24. The van der Waals surface area contributed by atoms with Crippen LogP contribution in [0.5, 0.6) is 0 Å². The number of hydrogen-bond donors (Lipinski definition) is 0. The molecular formula is C14H14O3. The quantitative estimate of drug-likeness (QED) is 0.389. The molecule has 4 aliphatic carbocycles. The molecule has 17 heavy (non-hydrogen) atoms. The van der Waals surface area contributed by atoms with E-state index in [0.29, 0.717) is 23.7 Å². The number of hydrogen-bond acceptors (Lipinski definition) is 3. The van der Waals surface area contributed by atoms with Gasteiger partial charge in [0.25, 0.3) is 0 Å². The number of methoxy groups -OCH3 is 1. The summed E-state index contributed by atoms with van der Waals surface area (Å²) < 4.78 is 11.1. The summed E-state index contributed by atoms with van der Waals surface area (Å²) in [6.45, 7) is 0. The van der Waals surface area contributed by atoms with Crippen LogP contribution in [0.25, 0.3) is 0 Å². The van der Waals surface area contributed by atoms with E-state index in [-0.39, 0.29) is 17.2 Å². The van der Waals surface area contributed by atoms with E-state index in [1.54, 1.807) is 0 Å². The summed E-state index contributed by atoms with van der Waals surface area (Å²) in [5, 5.41) is 0. The zero-order chi connectivity index (χ0) is 11.4. The molecule has 0 amide bonds. The van der Waals surface area contributed by atoms with Gasteiger partial charge in [-0.05, 0) is 12.8 Å². The summed E-state index contributed by atoms with van der Waals surface area (Å²) in [5.41, 5.74) is 0.941. The van der Waals surface area contributed by atoms with Gasteiger partial charge in [0.2, 0.25) is 0 Å². The number of ether oxygens (including phenoxy) is 2. The molecule has 0 spiro atoms. The van der Waals surface area contributed by atoms with Gasteiger partial charge in [0.1, 0.15) is 11.2 Å². The minimum absolute atomic E-state index is 0.0185. The van der Waals surface area contributed by atoms with E-state index in [0.717, 1.165) is 12.0 Å². The number of rotatable bonds is 1. The van der Waals surface area contributed by atoms with E-state index in [1.807, 2.05) is 0 Å². The van der Waals surface area contributed by atoms with Gasteiger partial charge in [-0.2, -0.15) is 0 Å². The van der Waals surface area contributed by atoms with Gasteiger partial charge in [0, 0.05) is 29.2 Å². The maximum absolute atomic E-state index is 11.8.